The number of furan rings is 1. The summed E-state index contributed by atoms with van der Waals surface area (Å²) in [4.78, 5) is 2.47. The third-order valence-electron chi connectivity index (χ3n) is 14.0. The van der Waals surface area contributed by atoms with E-state index in [2.05, 4.69) is 232 Å². The molecule has 0 amide bonds. The van der Waals surface area contributed by atoms with E-state index >= 15 is 0 Å². The van der Waals surface area contributed by atoms with Crippen LogP contribution >= 0.6 is 0 Å². The van der Waals surface area contributed by atoms with Crippen molar-refractivity contribution in [1.29, 1.82) is 0 Å². The van der Waals surface area contributed by atoms with Crippen LogP contribution in [0, 0.1) is 0 Å². The summed E-state index contributed by atoms with van der Waals surface area (Å²) < 4.78 is 7.35. The third-order valence-corrected chi connectivity index (χ3v) is 14.0. The zero-order chi connectivity index (χ0) is 42.0. The van der Waals surface area contributed by atoms with Gasteiger partial charge in [0, 0.05) is 27.6 Å². The van der Waals surface area contributed by atoms with Gasteiger partial charge in [0.15, 0.2) is 5.58 Å². The fraction of sp³-hybridized carbons (Fsp3) is 0.0820. The Bertz CT molecular complexity index is 3620. The first-order valence-electron chi connectivity index (χ1n) is 22.1. The van der Waals surface area contributed by atoms with Gasteiger partial charge in [-0.15, -0.1) is 0 Å². The fourth-order valence-electron chi connectivity index (χ4n) is 11.4. The SMILES string of the molecule is CC(C)(C)c1cc2ccccc2c2c1oc1c(N(c3ccc(-c4cccc5ccccc45)cc3)c3cccc4c3-c3ccccc3C43c4ccccc4-c4ccccc43)cccc12. The number of benzene rings is 10. The van der Waals surface area contributed by atoms with E-state index in [0.29, 0.717) is 0 Å². The molecule has 0 unspecified atom stereocenters. The summed E-state index contributed by atoms with van der Waals surface area (Å²) in [6, 6.07) is 76.4. The van der Waals surface area contributed by atoms with Gasteiger partial charge in [-0.2, -0.15) is 0 Å². The normalized spacial score (nSPS) is 13.4. The molecule has 0 aliphatic heterocycles. The van der Waals surface area contributed by atoms with Gasteiger partial charge in [0.05, 0.1) is 16.8 Å². The fourth-order valence-corrected chi connectivity index (χ4v) is 11.4. The number of para-hydroxylation sites is 1. The zero-order valence-electron chi connectivity index (χ0n) is 35.5. The maximum absolute atomic E-state index is 7.35. The van der Waals surface area contributed by atoms with E-state index in [4.69, 9.17) is 4.42 Å². The molecule has 0 atom stereocenters. The second-order valence-electron chi connectivity index (χ2n) is 18.4. The van der Waals surface area contributed by atoms with E-state index < -0.39 is 5.41 Å². The molecule has 10 aromatic carbocycles. The first kappa shape index (κ1) is 36.0. The molecule has 11 aromatic rings. The minimum absolute atomic E-state index is 0.139. The van der Waals surface area contributed by atoms with Crippen LogP contribution in [-0.4, -0.2) is 0 Å². The maximum Gasteiger partial charge on any atom is 0.159 e. The van der Waals surface area contributed by atoms with E-state index in [1.165, 1.54) is 88.1 Å². The lowest BCUT2D eigenvalue weighted by Crippen LogP contribution is -2.26. The van der Waals surface area contributed by atoms with E-state index in [0.717, 1.165) is 33.6 Å². The number of rotatable bonds is 4. The van der Waals surface area contributed by atoms with Gasteiger partial charge < -0.3 is 9.32 Å². The maximum atomic E-state index is 7.35. The van der Waals surface area contributed by atoms with Crippen LogP contribution < -0.4 is 4.90 Å². The monoisotopic (exact) mass is 805 g/mol. The summed E-state index contributed by atoms with van der Waals surface area (Å²) in [5, 5.41) is 7.20. The number of hydrogen-bond donors (Lipinski definition) is 0. The molecule has 0 N–H and O–H groups in total. The summed E-state index contributed by atoms with van der Waals surface area (Å²) in [5.41, 5.74) is 18.4. The van der Waals surface area contributed by atoms with Crippen LogP contribution in [0.25, 0.3) is 76.9 Å². The number of hydrogen-bond acceptors (Lipinski definition) is 2. The lowest BCUT2D eigenvalue weighted by atomic mass is 9.70. The van der Waals surface area contributed by atoms with Gasteiger partial charge in [-0.05, 0) is 107 Å². The molecular formula is C61H43NO. The topological polar surface area (TPSA) is 16.4 Å². The van der Waals surface area contributed by atoms with Crippen molar-refractivity contribution in [2.24, 2.45) is 0 Å². The van der Waals surface area contributed by atoms with Crippen LogP contribution in [0.1, 0.15) is 48.6 Å². The summed E-state index contributed by atoms with van der Waals surface area (Å²) in [6.07, 6.45) is 0. The Balaban J connectivity index is 1.12. The van der Waals surface area contributed by atoms with Crippen molar-refractivity contribution >= 4 is 60.5 Å². The van der Waals surface area contributed by atoms with Gasteiger partial charge >= 0.3 is 0 Å². The molecule has 2 aliphatic carbocycles. The molecule has 0 fully saturated rings. The van der Waals surface area contributed by atoms with Crippen molar-refractivity contribution < 1.29 is 4.42 Å². The van der Waals surface area contributed by atoms with Gasteiger partial charge in [-0.25, -0.2) is 0 Å². The van der Waals surface area contributed by atoms with E-state index in [-0.39, 0.29) is 5.41 Å². The summed E-state index contributed by atoms with van der Waals surface area (Å²) in [5.74, 6) is 0. The molecule has 0 saturated carbocycles. The second kappa shape index (κ2) is 13.2. The number of nitrogens with zero attached hydrogens (tertiary/aromatic N) is 1. The molecule has 0 radical (unpaired) electrons. The molecule has 13 rings (SSSR count). The molecule has 0 saturated heterocycles. The molecule has 298 valence electrons. The average Bonchev–Trinajstić information content (AvgIpc) is 3.97. The predicted molar refractivity (Wildman–Crippen MR) is 264 cm³/mol. The molecule has 1 spiro atoms. The summed E-state index contributed by atoms with van der Waals surface area (Å²) in [6.45, 7) is 6.86. The van der Waals surface area contributed by atoms with Crippen LogP contribution in [-0.2, 0) is 10.8 Å². The molecule has 1 heterocycles. The highest BCUT2D eigenvalue weighted by Crippen LogP contribution is 2.65. The van der Waals surface area contributed by atoms with Crippen molar-refractivity contribution in [1.82, 2.24) is 0 Å². The minimum atomic E-state index is -0.467. The first-order chi connectivity index (χ1) is 30.9. The Hall–Kier alpha value is -7.68. The van der Waals surface area contributed by atoms with Crippen LogP contribution in [0.15, 0.2) is 211 Å². The molecule has 1 aromatic heterocycles. The summed E-state index contributed by atoms with van der Waals surface area (Å²) >= 11 is 0. The summed E-state index contributed by atoms with van der Waals surface area (Å²) in [7, 11) is 0. The van der Waals surface area contributed by atoms with Crippen LogP contribution in [0.3, 0.4) is 0 Å². The standard InChI is InChI=1S/C61H43NO/c1-60(2,3)53-37-40-18-5-7-21-44(40)56-48-26-15-32-55(58(48)63-59(53)56)62(41-35-33-39(34-36-41)43-25-14-19-38-17-4-6-20-42(38)43)54-31-16-30-52-57(54)47-24-10-13-29-51(47)61(52)49-27-11-8-22-45(49)46-23-9-12-28-50(46)61/h4-37H,1-3H3. The molecule has 2 nitrogen and oxygen atoms in total. The van der Waals surface area contributed by atoms with Gasteiger partial charge in [0.1, 0.15) is 5.58 Å². The Labute approximate surface area is 367 Å². The van der Waals surface area contributed by atoms with Crippen molar-refractivity contribution in [2.45, 2.75) is 31.6 Å². The average molecular weight is 806 g/mol. The van der Waals surface area contributed by atoms with Crippen LogP contribution in [0.4, 0.5) is 17.1 Å². The quantitative estimate of drug-likeness (QED) is 0.176. The highest BCUT2D eigenvalue weighted by molar-refractivity contribution is 6.22. The zero-order valence-corrected chi connectivity index (χ0v) is 35.5. The molecule has 0 bridgehead atoms. The van der Waals surface area contributed by atoms with Gasteiger partial charge in [-0.1, -0.05) is 197 Å². The van der Waals surface area contributed by atoms with Gasteiger partial charge in [0.2, 0.25) is 0 Å². The minimum Gasteiger partial charge on any atom is -0.454 e. The third kappa shape index (κ3) is 4.95. The van der Waals surface area contributed by atoms with Crippen LogP contribution in [0.2, 0.25) is 0 Å². The van der Waals surface area contributed by atoms with Gasteiger partial charge in [0.25, 0.3) is 0 Å². The molecule has 2 aliphatic rings. The molecule has 63 heavy (non-hydrogen) atoms. The van der Waals surface area contributed by atoms with Crippen molar-refractivity contribution in [3.8, 4) is 33.4 Å². The Morgan fingerprint density at radius 3 is 1.67 bits per heavy atom. The lowest BCUT2D eigenvalue weighted by molar-refractivity contribution is 0.573. The predicted octanol–water partition coefficient (Wildman–Crippen LogP) is 16.7. The van der Waals surface area contributed by atoms with E-state index in [9.17, 15) is 0 Å². The van der Waals surface area contributed by atoms with E-state index in [1.54, 1.807) is 0 Å². The Morgan fingerprint density at radius 2 is 0.937 bits per heavy atom. The van der Waals surface area contributed by atoms with Crippen molar-refractivity contribution in [2.75, 3.05) is 4.90 Å². The molecular weight excluding hydrogens is 763 g/mol. The van der Waals surface area contributed by atoms with Crippen LogP contribution in [0.5, 0.6) is 0 Å². The lowest BCUT2D eigenvalue weighted by Gasteiger charge is -2.31. The highest BCUT2D eigenvalue weighted by atomic mass is 16.3. The highest BCUT2D eigenvalue weighted by Gasteiger charge is 2.52. The second-order valence-corrected chi connectivity index (χ2v) is 18.4. The number of anilines is 3. The molecule has 2 heteroatoms. The van der Waals surface area contributed by atoms with E-state index in [1.807, 2.05) is 0 Å². The Morgan fingerprint density at radius 1 is 0.413 bits per heavy atom. The smallest absolute Gasteiger partial charge is 0.159 e. The first-order valence-corrected chi connectivity index (χ1v) is 22.1. The van der Waals surface area contributed by atoms with Crippen molar-refractivity contribution in [3.63, 3.8) is 0 Å². The van der Waals surface area contributed by atoms with Crippen molar-refractivity contribution in [3.05, 3.63) is 234 Å². The Kier molecular flexibility index (Phi) is 7.52. The van der Waals surface area contributed by atoms with Gasteiger partial charge in [-0.3, -0.25) is 0 Å². The number of fused-ring (bicyclic) bond motifs is 16. The largest absolute Gasteiger partial charge is 0.454 e.